The molecule has 0 aliphatic heterocycles. The Morgan fingerprint density at radius 2 is 1.34 bits per heavy atom. The Bertz CT molecular complexity index is 1020. The number of aliphatic hydroxyl groups excluding tert-OH is 1. The molecule has 0 radical (unpaired) electrons. The summed E-state index contributed by atoms with van der Waals surface area (Å²) in [5.41, 5.74) is 10.6. The SMILES string of the molecule is COC(=O)[C@H](CCCN=C(N)N)NC(=O)[C@H](CC(C)C)NC(=O)[C@@H](O)[C@H](CC(C)C)C(=O)N[C@@H](C)C[C@H](NC(C)=O)C(=O)O. The third-order valence-corrected chi connectivity index (χ3v) is 6.45. The van der Waals surface area contributed by atoms with Gasteiger partial charge in [0.05, 0.1) is 13.0 Å². The van der Waals surface area contributed by atoms with Crippen molar-refractivity contribution in [3.05, 3.63) is 0 Å². The summed E-state index contributed by atoms with van der Waals surface area (Å²) in [7, 11) is 1.17. The van der Waals surface area contributed by atoms with Gasteiger partial charge in [-0.15, -0.1) is 0 Å². The smallest absolute Gasteiger partial charge is 0.328 e. The molecule has 16 nitrogen and oxygen atoms in total. The largest absolute Gasteiger partial charge is 0.480 e. The lowest BCUT2D eigenvalue weighted by atomic mass is 9.90. The van der Waals surface area contributed by atoms with Crippen molar-refractivity contribution < 1.29 is 43.7 Å². The Kier molecular flexibility index (Phi) is 18.3. The molecule has 252 valence electrons. The van der Waals surface area contributed by atoms with Gasteiger partial charge in [-0.05, 0) is 50.9 Å². The summed E-state index contributed by atoms with van der Waals surface area (Å²) >= 11 is 0. The van der Waals surface area contributed by atoms with Crippen molar-refractivity contribution in [2.24, 2.45) is 34.2 Å². The van der Waals surface area contributed by atoms with Crippen LogP contribution in [0.25, 0.3) is 0 Å². The fraction of sp³-hybridized carbons (Fsp3) is 0.750. The van der Waals surface area contributed by atoms with Crippen molar-refractivity contribution >= 4 is 41.5 Å². The van der Waals surface area contributed by atoms with Gasteiger partial charge in [-0.3, -0.25) is 24.2 Å². The third-order valence-electron chi connectivity index (χ3n) is 6.45. The van der Waals surface area contributed by atoms with Crippen LogP contribution >= 0.6 is 0 Å². The minimum Gasteiger partial charge on any atom is -0.480 e. The molecule has 0 aliphatic rings. The van der Waals surface area contributed by atoms with Crippen LogP contribution in [0.5, 0.6) is 0 Å². The summed E-state index contributed by atoms with van der Waals surface area (Å²) in [6.45, 7) is 10.1. The minimum absolute atomic E-state index is 0.0805. The molecule has 0 aromatic carbocycles. The van der Waals surface area contributed by atoms with Crippen molar-refractivity contribution in [2.75, 3.05) is 13.7 Å². The zero-order chi connectivity index (χ0) is 34.1. The lowest BCUT2D eigenvalue weighted by molar-refractivity contribution is -0.146. The molecule has 0 fully saturated rings. The van der Waals surface area contributed by atoms with Crippen LogP contribution in [-0.2, 0) is 33.5 Å². The summed E-state index contributed by atoms with van der Waals surface area (Å²) in [6, 6.07) is -4.19. The second-order valence-electron chi connectivity index (χ2n) is 11.6. The van der Waals surface area contributed by atoms with Gasteiger partial charge in [-0.2, -0.15) is 0 Å². The molecule has 0 saturated carbocycles. The molecule has 0 spiro atoms. The Morgan fingerprint density at radius 3 is 1.82 bits per heavy atom. The lowest BCUT2D eigenvalue weighted by Crippen LogP contribution is -2.56. The van der Waals surface area contributed by atoms with Crippen LogP contribution in [0.2, 0.25) is 0 Å². The number of nitrogens with one attached hydrogen (secondary N) is 4. The quantitative estimate of drug-likeness (QED) is 0.0341. The number of rotatable bonds is 20. The highest BCUT2D eigenvalue weighted by atomic mass is 16.5. The van der Waals surface area contributed by atoms with Crippen LogP contribution < -0.4 is 32.7 Å². The summed E-state index contributed by atoms with van der Waals surface area (Å²) in [4.78, 5) is 78.6. The molecule has 6 atom stereocenters. The average molecular weight is 630 g/mol. The number of ether oxygens (including phenoxy) is 1. The second-order valence-corrected chi connectivity index (χ2v) is 11.6. The van der Waals surface area contributed by atoms with E-state index in [-0.39, 0.29) is 50.0 Å². The molecule has 0 aromatic heterocycles. The number of aliphatic carboxylic acids is 1. The number of carboxylic acid groups (broad SMARTS) is 1. The summed E-state index contributed by atoms with van der Waals surface area (Å²) < 4.78 is 4.79. The average Bonchev–Trinajstić information content (AvgIpc) is 2.90. The number of hydrogen-bond acceptors (Lipinski definition) is 9. The Morgan fingerprint density at radius 1 is 0.773 bits per heavy atom. The number of methoxy groups -OCH3 is 1. The fourth-order valence-electron chi connectivity index (χ4n) is 4.43. The normalized spacial score (nSPS) is 15.1. The first kappa shape index (κ1) is 40.1. The van der Waals surface area contributed by atoms with E-state index < -0.39 is 71.8 Å². The topological polar surface area (TPSA) is 265 Å². The van der Waals surface area contributed by atoms with E-state index in [4.69, 9.17) is 16.2 Å². The first-order valence-electron chi connectivity index (χ1n) is 14.6. The van der Waals surface area contributed by atoms with E-state index >= 15 is 0 Å². The maximum absolute atomic E-state index is 13.2. The van der Waals surface area contributed by atoms with E-state index in [1.54, 1.807) is 13.8 Å². The second kappa shape index (κ2) is 20.1. The van der Waals surface area contributed by atoms with Crippen LogP contribution in [0, 0.1) is 17.8 Å². The predicted molar refractivity (Wildman–Crippen MR) is 162 cm³/mol. The molecule has 0 unspecified atom stereocenters. The summed E-state index contributed by atoms with van der Waals surface area (Å²) in [6.07, 6.45) is -1.23. The molecular formula is C28H51N7O9. The Balaban J connectivity index is 5.75. The van der Waals surface area contributed by atoms with Crippen molar-refractivity contribution in [3.8, 4) is 0 Å². The molecule has 10 N–H and O–H groups in total. The zero-order valence-corrected chi connectivity index (χ0v) is 26.7. The molecule has 0 heterocycles. The first-order chi connectivity index (χ1) is 20.4. The van der Waals surface area contributed by atoms with Gasteiger partial charge in [0.2, 0.25) is 23.6 Å². The first-order valence-corrected chi connectivity index (χ1v) is 14.6. The molecule has 0 aliphatic carbocycles. The number of carboxylic acids is 1. The van der Waals surface area contributed by atoms with E-state index in [1.807, 2.05) is 13.8 Å². The predicted octanol–water partition coefficient (Wildman–Crippen LogP) is -1.26. The van der Waals surface area contributed by atoms with Gasteiger partial charge in [-0.1, -0.05) is 27.7 Å². The van der Waals surface area contributed by atoms with Crippen molar-refractivity contribution in [1.82, 2.24) is 21.3 Å². The molecule has 0 rings (SSSR count). The fourth-order valence-corrected chi connectivity index (χ4v) is 4.43. The van der Waals surface area contributed by atoms with Crippen LogP contribution in [0.3, 0.4) is 0 Å². The van der Waals surface area contributed by atoms with Crippen LogP contribution in [-0.4, -0.2) is 95.7 Å². The number of aliphatic hydroxyl groups is 1. The van der Waals surface area contributed by atoms with E-state index in [2.05, 4.69) is 26.3 Å². The minimum atomic E-state index is -1.85. The maximum Gasteiger partial charge on any atom is 0.328 e. The highest BCUT2D eigenvalue weighted by Crippen LogP contribution is 2.18. The van der Waals surface area contributed by atoms with Gasteiger partial charge < -0.3 is 47.7 Å². The number of guanidine groups is 1. The van der Waals surface area contributed by atoms with Gasteiger partial charge in [-0.25, -0.2) is 9.59 Å². The zero-order valence-electron chi connectivity index (χ0n) is 26.7. The number of carbonyl (C=O) groups excluding carboxylic acids is 5. The maximum atomic E-state index is 13.2. The molecular weight excluding hydrogens is 578 g/mol. The van der Waals surface area contributed by atoms with Gasteiger partial charge >= 0.3 is 11.9 Å². The van der Waals surface area contributed by atoms with Crippen molar-refractivity contribution in [2.45, 2.75) is 104 Å². The summed E-state index contributed by atoms with van der Waals surface area (Å²) in [5.74, 6) is -6.44. The number of nitrogens with zero attached hydrogens (tertiary/aromatic N) is 1. The number of aliphatic imine (C=N–C) groups is 1. The monoisotopic (exact) mass is 629 g/mol. The van der Waals surface area contributed by atoms with Crippen LogP contribution in [0.4, 0.5) is 0 Å². The van der Waals surface area contributed by atoms with Gasteiger partial charge in [0.25, 0.3) is 0 Å². The number of esters is 1. The Hall–Kier alpha value is -3.95. The van der Waals surface area contributed by atoms with E-state index in [9.17, 15) is 39.0 Å². The van der Waals surface area contributed by atoms with E-state index in [1.165, 1.54) is 21.0 Å². The van der Waals surface area contributed by atoms with E-state index in [0.717, 1.165) is 0 Å². The number of nitrogens with two attached hydrogens (primary N) is 2. The number of hydrogen-bond donors (Lipinski definition) is 8. The molecule has 44 heavy (non-hydrogen) atoms. The Labute approximate surface area is 258 Å². The third kappa shape index (κ3) is 16.0. The van der Waals surface area contributed by atoms with E-state index in [0.29, 0.717) is 6.42 Å². The van der Waals surface area contributed by atoms with Gasteiger partial charge in [0, 0.05) is 19.5 Å². The lowest BCUT2D eigenvalue weighted by Gasteiger charge is -2.28. The highest BCUT2D eigenvalue weighted by molar-refractivity contribution is 5.94. The highest BCUT2D eigenvalue weighted by Gasteiger charge is 2.36. The molecule has 4 amide bonds. The van der Waals surface area contributed by atoms with Gasteiger partial charge in [0.15, 0.2) is 5.96 Å². The molecule has 16 heteroatoms. The van der Waals surface area contributed by atoms with Gasteiger partial charge in [0.1, 0.15) is 24.2 Å². The van der Waals surface area contributed by atoms with Crippen LogP contribution in [0.15, 0.2) is 4.99 Å². The molecule has 0 bridgehead atoms. The standard InChI is InChI=1S/C28H51N7O9/c1-14(2)11-18(23(38)32-16(5)13-21(26(41)42)33-17(6)36)22(37)25(40)35-20(12-15(3)4)24(39)34-19(27(43)44-7)9-8-10-31-28(29)30/h14-16,18-22,37H,8-13H2,1-7H3,(H,32,38)(H,33,36)(H,34,39)(H,35,40)(H,41,42)(H4,29,30,31)/t16-,18-,19-,20-,21-,22-/m0/s1. The molecule has 0 saturated heterocycles. The van der Waals surface area contributed by atoms with Crippen molar-refractivity contribution in [3.63, 3.8) is 0 Å². The molecule has 0 aromatic rings. The van der Waals surface area contributed by atoms with Crippen molar-refractivity contribution in [1.29, 1.82) is 0 Å². The number of amides is 4. The van der Waals surface area contributed by atoms with Crippen LogP contribution in [0.1, 0.15) is 73.6 Å². The number of carbonyl (C=O) groups is 6. The summed E-state index contributed by atoms with van der Waals surface area (Å²) in [5, 5.41) is 30.4.